The molecule has 3 nitrogen and oxygen atoms in total. The maximum absolute atomic E-state index is 9.68. The maximum Gasteiger partial charge on any atom is 0.0789 e. The molecule has 96 valence electrons. The molecule has 0 fully saturated rings. The van der Waals surface area contributed by atoms with Gasteiger partial charge in [0, 0.05) is 25.7 Å². The van der Waals surface area contributed by atoms with Crippen molar-refractivity contribution in [3.05, 3.63) is 35.9 Å². The number of hydrogen-bond acceptors (Lipinski definition) is 3. The van der Waals surface area contributed by atoms with Crippen LogP contribution in [0.5, 0.6) is 0 Å². The smallest absolute Gasteiger partial charge is 0.0789 e. The third-order valence-electron chi connectivity index (χ3n) is 3.16. The summed E-state index contributed by atoms with van der Waals surface area (Å²) >= 11 is 0. The summed E-state index contributed by atoms with van der Waals surface area (Å²) in [7, 11) is 0. The first-order valence-electron chi connectivity index (χ1n) is 6.33. The fourth-order valence-corrected chi connectivity index (χ4v) is 1.82. The van der Waals surface area contributed by atoms with Gasteiger partial charge >= 0.3 is 0 Å². The number of nitrogens with zero attached hydrogens (tertiary/aromatic N) is 1. The number of benzene rings is 1. The molecule has 0 aliphatic rings. The second kappa shape index (κ2) is 7.43. The van der Waals surface area contributed by atoms with Crippen LogP contribution in [0.15, 0.2) is 30.3 Å². The van der Waals surface area contributed by atoms with E-state index in [2.05, 4.69) is 30.9 Å². The monoisotopic (exact) mass is 236 g/mol. The predicted molar refractivity (Wildman–Crippen MR) is 71.7 cm³/mol. The zero-order valence-corrected chi connectivity index (χ0v) is 10.8. The van der Waals surface area contributed by atoms with Crippen molar-refractivity contribution >= 4 is 0 Å². The number of rotatable bonds is 7. The maximum atomic E-state index is 9.68. The van der Waals surface area contributed by atoms with E-state index in [1.54, 1.807) is 0 Å². The van der Waals surface area contributed by atoms with Crippen LogP contribution in [0.4, 0.5) is 0 Å². The van der Waals surface area contributed by atoms with E-state index < -0.39 is 6.10 Å². The molecule has 0 amide bonds. The third-order valence-corrected chi connectivity index (χ3v) is 3.16. The molecule has 0 radical (unpaired) electrons. The Morgan fingerprint density at radius 1 is 1.29 bits per heavy atom. The zero-order chi connectivity index (χ0) is 12.7. The van der Waals surface area contributed by atoms with Crippen LogP contribution in [0, 0.1) is 0 Å². The topological polar surface area (TPSA) is 49.5 Å². The highest BCUT2D eigenvalue weighted by atomic mass is 16.3. The highest BCUT2D eigenvalue weighted by molar-refractivity contribution is 5.14. The summed E-state index contributed by atoms with van der Waals surface area (Å²) in [5.74, 6) is 0. The minimum Gasteiger partial charge on any atom is -0.390 e. The molecule has 1 aromatic carbocycles. The molecule has 0 aliphatic heterocycles. The van der Waals surface area contributed by atoms with Crippen molar-refractivity contribution in [1.29, 1.82) is 0 Å². The Hall–Kier alpha value is -0.900. The number of aliphatic hydroxyl groups excluding tert-OH is 1. The van der Waals surface area contributed by atoms with Gasteiger partial charge in [-0.3, -0.25) is 4.90 Å². The van der Waals surface area contributed by atoms with Crippen molar-refractivity contribution in [2.45, 2.75) is 39.0 Å². The first-order chi connectivity index (χ1) is 8.17. The lowest BCUT2D eigenvalue weighted by Gasteiger charge is -2.30. The second-order valence-electron chi connectivity index (χ2n) is 4.56. The lowest BCUT2D eigenvalue weighted by Crippen LogP contribution is -2.40. The summed E-state index contributed by atoms with van der Waals surface area (Å²) in [6.45, 7) is 6.18. The van der Waals surface area contributed by atoms with E-state index in [9.17, 15) is 5.11 Å². The summed E-state index contributed by atoms with van der Waals surface area (Å²) in [6.07, 6.45) is 0.636. The van der Waals surface area contributed by atoms with Crippen molar-refractivity contribution in [2.24, 2.45) is 5.73 Å². The van der Waals surface area contributed by atoms with Crippen LogP contribution in [-0.2, 0) is 6.54 Å². The molecule has 0 saturated heterocycles. The standard InChI is InChI=1S/C14H24N2O/c1-3-12(2)16(11-14(17)9-15)10-13-7-5-4-6-8-13/h4-8,12,14,17H,3,9-11,15H2,1-2H3. The van der Waals surface area contributed by atoms with Crippen LogP contribution >= 0.6 is 0 Å². The minimum atomic E-state index is -0.437. The summed E-state index contributed by atoms with van der Waals surface area (Å²) in [4.78, 5) is 2.28. The van der Waals surface area contributed by atoms with Gasteiger partial charge in [-0.1, -0.05) is 37.3 Å². The minimum absolute atomic E-state index is 0.321. The Balaban J connectivity index is 2.63. The first kappa shape index (κ1) is 14.2. The van der Waals surface area contributed by atoms with Gasteiger partial charge in [-0.05, 0) is 18.9 Å². The van der Waals surface area contributed by atoms with Gasteiger partial charge in [0.25, 0.3) is 0 Å². The van der Waals surface area contributed by atoms with Crippen LogP contribution in [-0.4, -0.2) is 35.2 Å². The van der Waals surface area contributed by atoms with E-state index in [1.807, 2.05) is 18.2 Å². The number of nitrogens with two attached hydrogens (primary N) is 1. The van der Waals surface area contributed by atoms with Crippen LogP contribution in [0.3, 0.4) is 0 Å². The van der Waals surface area contributed by atoms with Gasteiger partial charge in [0.1, 0.15) is 0 Å². The Labute approximate surface area is 104 Å². The molecule has 0 bridgehead atoms. The lowest BCUT2D eigenvalue weighted by molar-refractivity contribution is 0.0899. The molecular weight excluding hydrogens is 212 g/mol. The molecule has 0 aliphatic carbocycles. The Morgan fingerprint density at radius 2 is 1.94 bits per heavy atom. The second-order valence-corrected chi connectivity index (χ2v) is 4.56. The molecule has 0 aromatic heterocycles. The Kier molecular flexibility index (Phi) is 6.19. The number of aliphatic hydroxyl groups is 1. The van der Waals surface area contributed by atoms with Crippen LogP contribution < -0.4 is 5.73 Å². The van der Waals surface area contributed by atoms with Gasteiger partial charge in [-0.15, -0.1) is 0 Å². The van der Waals surface area contributed by atoms with Crippen LogP contribution in [0.2, 0.25) is 0 Å². The average Bonchev–Trinajstić information content (AvgIpc) is 2.38. The highest BCUT2D eigenvalue weighted by Crippen LogP contribution is 2.11. The van der Waals surface area contributed by atoms with Gasteiger partial charge in [-0.25, -0.2) is 0 Å². The third kappa shape index (κ3) is 4.86. The van der Waals surface area contributed by atoms with Gasteiger partial charge in [0.05, 0.1) is 6.10 Å². The molecule has 1 aromatic rings. The number of hydrogen-bond donors (Lipinski definition) is 2. The van der Waals surface area contributed by atoms with Crippen molar-refractivity contribution in [3.63, 3.8) is 0 Å². The zero-order valence-electron chi connectivity index (χ0n) is 10.8. The van der Waals surface area contributed by atoms with Gasteiger partial charge in [0.15, 0.2) is 0 Å². The highest BCUT2D eigenvalue weighted by Gasteiger charge is 2.15. The van der Waals surface area contributed by atoms with E-state index in [0.717, 1.165) is 13.0 Å². The Bertz CT molecular complexity index is 302. The van der Waals surface area contributed by atoms with Crippen molar-refractivity contribution in [2.75, 3.05) is 13.1 Å². The van der Waals surface area contributed by atoms with Gasteiger partial charge in [-0.2, -0.15) is 0 Å². The molecule has 3 N–H and O–H groups in total. The van der Waals surface area contributed by atoms with E-state index in [0.29, 0.717) is 19.1 Å². The van der Waals surface area contributed by atoms with Crippen LogP contribution in [0.25, 0.3) is 0 Å². The summed E-state index contributed by atoms with van der Waals surface area (Å²) < 4.78 is 0. The molecule has 0 spiro atoms. The molecule has 2 unspecified atom stereocenters. The Morgan fingerprint density at radius 3 is 2.47 bits per heavy atom. The predicted octanol–water partition coefficient (Wildman–Crippen LogP) is 1.61. The summed E-state index contributed by atoms with van der Waals surface area (Å²) in [5, 5.41) is 9.68. The fourth-order valence-electron chi connectivity index (χ4n) is 1.82. The normalized spacial score (nSPS) is 14.9. The van der Waals surface area contributed by atoms with E-state index >= 15 is 0 Å². The molecule has 17 heavy (non-hydrogen) atoms. The summed E-state index contributed by atoms with van der Waals surface area (Å²) in [5.41, 5.74) is 6.75. The van der Waals surface area contributed by atoms with Gasteiger partial charge < -0.3 is 10.8 Å². The largest absolute Gasteiger partial charge is 0.390 e. The molecule has 2 atom stereocenters. The van der Waals surface area contributed by atoms with E-state index in [1.165, 1.54) is 5.56 Å². The first-order valence-corrected chi connectivity index (χ1v) is 6.33. The van der Waals surface area contributed by atoms with Crippen molar-refractivity contribution in [1.82, 2.24) is 4.90 Å². The van der Waals surface area contributed by atoms with Crippen molar-refractivity contribution < 1.29 is 5.11 Å². The molecule has 1 rings (SSSR count). The van der Waals surface area contributed by atoms with Gasteiger partial charge in [0.2, 0.25) is 0 Å². The van der Waals surface area contributed by atoms with Crippen LogP contribution in [0.1, 0.15) is 25.8 Å². The molecule has 3 heteroatoms. The van der Waals surface area contributed by atoms with E-state index in [4.69, 9.17) is 5.73 Å². The summed E-state index contributed by atoms with van der Waals surface area (Å²) in [6, 6.07) is 10.8. The van der Waals surface area contributed by atoms with E-state index in [-0.39, 0.29) is 0 Å². The SMILES string of the molecule is CCC(C)N(Cc1ccccc1)CC(O)CN. The molecule has 0 saturated carbocycles. The fraction of sp³-hybridized carbons (Fsp3) is 0.571. The average molecular weight is 236 g/mol. The quantitative estimate of drug-likeness (QED) is 0.756. The lowest BCUT2D eigenvalue weighted by atomic mass is 10.1. The molecule has 0 heterocycles. The van der Waals surface area contributed by atoms with Crippen molar-refractivity contribution in [3.8, 4) is 0 Å². The molecular formula is C14H24N2O.